The van der Waals surface area contributed by atoms with E-state index in [1.165, 1.54) is 10.6 Å². The van der Waals surface area contributed by atoms with Crippen molar-refractivity contribution in [2.45, 2.75) is 13.5 Å². The summed E-state index contributed by atoms with van der Waals surface area (Å²) in [6, 6.07) is 19.9. The maximum Gasteiger partial charge on any atom is 0.259 e. The van der Waals surface area contributed by atoms with Crippen LogP contribution in [0, 0.1) is 0 Å². The Labute approximate surface area is 187 Å². The van der Waals surface area contributed by atoms with Crippen LogP contribution in [0.2, 0.25) is 0 Å². The number of para-hydroxylation sites is 1. The Morgan fingerprint density at radius 3 is 2.45 bits per heavy atom. The van der Waals surface area contributed by atoms with Gasteiger partial charge in [0.15, 0.2) is 0 Å². The molecule has 0 aliphatic rings. The smallest absolute Gasteiger partial charge is 0.259 e. The lowest BCUT2D eigenvalue weighted by Crippen LogP contribution is -2.36. The van der Waals surface area contributed by atoms with E-state index in [0.717, 1.165) is 15.7 Å². The molecule has 0 aliphatic heterocycles. The summed E-state index contributed by atoms with van der Waals surface area (Å²) >= 11 is 3.40. The van der Waals surface area contributed by atoms with Crippen LogP contribution >= 0.6 is 15.9 Å². The molecule has 4 aromatic rings. The predicted octanol–water partition coefficient (Wildman–Crippen LogP) is 4.38. The number of likely N-dealkylation sites (N-methyl/N-ethyl adjacent to an activating group) is 1. The molecule has 0 fully saturated rings. The second-order valence-corrected chi connectivity index (χ2v) is 7.70. The number of nitrogens with zero attached hydrogens (tertiary/aromatic N) is 4. The zero-order valence-electron chi connectivity index (χ0n) is 16.7. The molecule has 0 saturated heterocycles. The molecule has 0 aliphatic carbocycles. The van der Waals surface area contributed by atoms with E-state index >= 15 is 0 Å². The number of amides is 1. The van der Waals surface area contributed by atoms with Crippen molar-refractivity contribution in [1.82, 2.24) is 14.7 Å². The van der Waals surface area contributed by atoms with Crippen molar-refractivity contribution < 1.29 is 9.32 Å². The van der Waals surface area contributed by atoms with E-state index in [2.05, 4.69) is 26.1 Å². The Morgan fingerprint density at radius 1 is 1.03 bits per heavy atom. The fourth-order valence-corrected chi connectivity index (χ4v) is 3.44. The van der Waals surface area contributed by atoms with Crippen LogP contribution < -0.4 is 10.5 Å². The van der Waals surface area contributed by atoms with E-state index < -0.39 is 0 Å². The van der Waals surface area contributed by atoms with E-state index in [-0.39, 0.29) is 23.9 Å². The number of halogens is 1. The third-order valence-electron chi connectivity index (χ3n) is 4.75. The van der Waals surface area contributed by atoms with Gasteiger partial charge in [0.2, 0.25) is 11.7 Å². The predicted molar refractivity (Wildman–Crippen MR) is 122 cm³/mol. The minimum absolute atomic E-state index is 0.0941. The van der Waals surface area contributed by atoms with Crippen LogP contribution in [0.3, 0.4) is 0 Å². The normalized spacial score (nSPS) is 10.8. The molecule has 4 rings (SSSR count). The molecular weight excluding hydrogens is 460 g/mol. The monoisotopic (exact) mass is 478 g/mol. The number of carbonyl (C=O) groups is 1. The first kappa shape index (κ1) is 20.7. The molecule has 2 aromatic carbocycles. The van der Waals surface area contributed by atoms with Gasteiger partial charge in [-0.05, 0) is 49.4 Å². The molecule has 0 bridgehead atoms. The number of pyridine rings is 1. The van der Waals surface area contributed by atoms with Crippen molar-refractivity contribution in [3.05, 3.63) is 87.8 Å². The summed E-state index contributed by atoms with van der Waals surface area (Å²) in [4.78, 5) is 31.3. The lowest BCUT2D eigenvalue weighted by atomic mass is 10.2. The number of hydrogen-bond donors (Lipinski definition) is 0. The topological polar surface area (TPSA) is 81.2 Å². The maximum absolute atomic E-state index is 12.9. The molecule has 8 heteroatoms. The van der Waals surface area contributed by atoms with Gasteiger partial charge >= 0.3 is 0 Å². The minimum Gasteiger partial charge on any atom is -0.334 e. The second kappa shape index (κ2) is 9.09. The van der Waals surface area contributed by atoms with E-state index in [1.54, 1.807) is 17.2 Å². The lowest BCUT2D eigenvalue weighted by molar-refractivity contribution is -0.119. The Hall–Kier alpha value is -3.52. The Bertz CT molecular complexity index is 1250. The first-order valence-corrected chi connectivity index (χ1v) is 10.5. The molecule has 2 aromatic heterocycles. The van der Waals surface area contributed by atoms with Gasteiger partial charge in [-0.3, -0.25) is 9.59 Å². The standard InChI is InChI=1S/C23H19BrN4O3/c1-2-28(19-6-4-3-5-7-19)21(30)15-27-14-17(10-13-20(27)29)23-25-22(26-31-23)16-8-11-18(24)12-9-16/h3-14H,2,15H2,1H3. The number of rotatable bonds is 6. The van der Waals surface area contributed by atoms with Gasteiger partial charge in [-0.15, -0.1) is 0 Å². The van der Waals surface area contributed by atoms with Crippen LogP contribution in [-0.4, -0.2) is 27.2 Å². The van der Waals surface area contributed by atoms with Crippen molar-refractivity contribution in [3.63, 3.8) is 0 Å². The molecule has 0 spiro atoms. The highest BCUT2D eigenvalue weighted by Crippen LogP contribution is 2.23. The molecule has 0 unspecified atom stereocenters. The summed E-state index contributed by atoms with van der Waals surface area (Å²) < 4.78 is 7.70. The molecule has 156 valence electrons. The van der Waals surface area contributed by atoms with Gasteiger partial charge in [0.05, 0.1) is 5.56 Å². The minimum atomic E-state index is -0.283. The number of aromatic nitrogens is 3. The summed E-state index contributed by atoms with van der Waals surface area (Å²) in [5.74, 6) is 0.529. The number of benzene rings is 2. The molecule has 0 N–H and O–H groups in total. The Kier molecular flexibility index (Phi) is 6.08. The van der Waals surface area contributed by atoms with Crippen molar-refractivity contribution >= 4 is 27.5 Å². The quantitative estimate of drug-likeness (QED) is 0.410. The van der Waals surface area contributed by atoms with Gasteiger partial charge in [-0.2, -0.15) is 4.98 Å². The molecule has 0 saturated carbocycles. The summed E-state index contributed by atoms with van der Waals surface area (Å²) in [7, 11) is 0. The molecular formula is C23H19BrN4O3. The maximum atomic E-state index is 12.9. The SMILES string of the molecule is CCN(C(=O)Cn1cc(-c2nc(-c3ccc(Br)cc3)no2)ccc1=O)c1ccccc1. The molecule has 7 nitrogen and oxygen atoms in total. The van der Waals surface area contributed by atoms with Gasteiger partial charge in [-0.1, -0.05) is 39.3 Å². The zero-order chi connectivity index (χ0) is 21.8. The Morgan fingerprint density at radius 2 is 1.74 bits per heavy atom. The van der Waals surface area contributed by atoms with Crippen molar-refractivity contribution in [2.75, 3.05) is 11.4 Å². The number of hydrogen-bond acceptors (Lipinski definition) is 5. The average molecular weight is 479 g/mol. The van der Waals surface area contributed by atoms with E-state index in [0.29, 0.717) is 17.9 Å². The average Bonchev–Trinajstić information content (AvgIpc) is 3.27. The number of carbonyl (C=O) groups excluding carboxylic acids is 1. The van der Waals surface area contributed by atoms with Crippen LogP contribution in [0.15, 0.2) is 86.7 Å². The van der Waals surface area contributed by atoms with Gasteiger partial charge in [0, 0.05) is 34.5 Å². The summed E-state index contributed by atoms with van der Waals surface area (Å²) in [5.41, 5.74) is 1.87. The van der Waals surface area contributed by atoms with E-state index in [1.807, 2.05) is 61.5 Å². The number of anilines is 1. The Balaban J connectivity index is 1.58. The fraction of sp³-hybridized carbons (Fsp3) is 0.130. The molecule has 2 heterocycles. The van der Waals surface area contributed by atoms with E-state index in [4.69, 9.17) is 4.52 Å². The van der Waals surface area contributed by atoms with Gasteiger partial charge < -0.3 is 14.0 Å². The zero-order valence-corrected chi connectivity index (χ0v) is 18.3. The van der Waals surface area contributed by atoms with Gasteiger partial charge in [0.1, 0.15) is 6.54 Å². The second-order valence-electron chi connectivity index (χ2n) is 6.79. The van der Waals surface area contributed by atoms with Crippen molar-refractivity contribution in [1.29, 1.82) is 0 Å². The summed E-state index contributed by atoms with van der Waals surface area (Å²) in [6.45, 7) is 2.30. The summed E-state index contributed by atoms with van der Waals surface area (Å²) in [5, 5.41) is 4.02. The molecule has 1 amide bonds. The molecule has 0 radical (unpaired) electrons. The highest BCUT2D eigenvalue weighted by Gasteiger charge is 2.17. The van der Waals surface area contributed by atoms with Crippen molar-refractivity contribution in [2.24, 2.45) is 0 Å². The van der Waals surface area contributed by atoms with E-state index in [9.17, 15) is 9.59 Å². The van der Waals surface area contributed by atoms with Crippen molar-refractivity contribution in [3.8, 4) is 22.8 Å². The molecule has 0 atom stereocenters. The van der Waals surface area contributed by atoms with Crippen LogP contribution in [0.25, 0.3) is 22.8 Å². The first-order chi connectivity index (χ1) is 15.0. The summed E-state index contributed by atoms with van der Waals surface area (Å²) in [6.07, 6.45) is 1.57. The third-order valence-corrected chi connectivity index (χ3v) is 5.28. The third kappa shape index (κ3) is 4.64. The lowest BCUT2D eigenvalue weighted by Gasteiger charge is -2.21. The largest absolute Gasteiger partial charge is 0.334 e. The molecule has 31 heavy (non-hydrogen) atoms. The van der Waals surface area contributed by atoms with Gasteiger partial charge in [0.25, 0.3) is 11.4 Å². The van der Waals surface area contributed by atoms with Crippen LogP contribution in [0.4, 0.5) is 5.69 Å². The fourth-order valence-electron chi connectivity index (χ4n) is 3.18. The highest BCUT2D eigenvalue weighted by atomic mass is 79.9. The van der Waals surface area contributed by atoms with Gasteiger partial charge in [-0.25, -0.2) is 0 Å². The van der Waals surface area contributed by atoms with Crippen LogP contribution in [0.5, 0.6) is 0 Å². The van der Waals surface area contributed by atoms with Crippen LogP contribution in [0.1, 0.15) is 6.92 Å². The highest BCUT2D eigenvalue weighted by molar-refractivity contribution is 9.10. The first-order valence-electron chi connectivity index (χ1n) is 9.71. The van der Waals surface area contributed by atoms with Crippen LogP contribution in [-0.2, 0) is 11.3 Å².